The summed E-state index contributed by atoms with van der Waals surface area (Å²) in [6.45, 7) is 0.543. The summed E-state index contributed by atoms with van der Waals surface area (Å²) in [7, 11) is 0. The quantitative estimate of drug-likeness (QED) is 0.458. The molecule has 4 rings (SSSR count). The number of nitrogens with two attached hydrogens (primary N) is 1. The fraction of sp³-hybridized carbons (Fsp3) is 0.435. The van der Waals surface area contributed by atoms with Gasteiger partial charge in [-0.15, -0.1) is 0 Å². The van der Waals surface area contributed by atoms with E-state index in [0.29, 0.717) is 36.0 Å². The Hall–Kier alpha value is -2.93. The molecule has 1 heterocycles. The van der Waals surface area contributed by atoms with Crippen molar-refractivity contribution >= 4 is 23.3 Å². The number of hydroxylamine groups is 1. The first-order valence-electron chi connectivity index (χ1n) is 10.7. The molecule has 0 saturated heterocycles. The van der Waals surface area contributed by atoms with Crippen LogP contribution in [0.15, 0.2) is 36.5 Å². The number of hydrogen-bond acceptors (Lipinski definition) is 5. The monoisotopic (exact) mass is 408 g/mol. The molecule has 0 radical (unpaired) electrons. The number of aromatic nitrogens is 1. The van der Waals surface area contributed by atoms with Gasteiger partial charge < -0.3 is 11.1 Å². The highest BCUT2D eigenvalue weighted by Gasteiger charge is 2.29. The van der Waals surface area contributed by atoms with Crippen LogP contribution in [-0.4, -0.2) is 23.4 Å². The maximum Gasteiger partial charge on any atom is 0.275 e. The summed E-state index contributed by atoms with van der Waals surface area (Å²) in [6, 6.07) is 8.96. The molecule has 7 heteroatoms. The lowest BCUT2D eigenvalue weighted by molar-refractivity contribution is -0.117. The minimum absolute atomic E-state index is 0.0270. The molecule has 0 aliphatic heterocycles. The van der Waals surface area contributed by atoms with Crippen LogP contribution < -0.4 is 16.5 Å². The highest BCUT2D eigenvalue weighted by molar-refractivity contribution is 5.96. The summed E-state index contributed by atoms with van der Waals surface area (Å²) < 4.78 is 0. The van der Waals surface area contributed by atoms with Crippen molar-refractivity contribution in [3.05, 3.63) is 53.2 Å². The molecule has 2 aliphatic rings. The molecule has 1 aromatic heterocycles. The molecule has 158 valence electrons. The van der Waals surface area contributed by atoms with Crippen LogP contribution in [0, 0.1) is 11.8 Å². The second-order valence-corrected chi connectivity index (χ2v) is 8.26. The van der Waals surface area contributed by atoms with E-state index in [0.717, 1.165) is 36.8 Å². The van der Waals surface area contributed by atoms with Crippen molar-refractivity contribution in [2.24, 2.45) is 11.8 Å². The molecule has 2 amide bonds. The third-order valence-electron chi connectivity index (χ3n) is 5.82. The number of pyridine rings is 1. The summed E-state index contributed by atoms with van der Waals surface area (Å²) in [5.74, 6) is 0.925. The molecule has 2 saturated carbocycles. The lowest BCUT2D eigenvalue weighted by atomic mass is 9.98. The molecule has 0 bridgehead atoms. The van der Waals surface area contributed by atoms with Gasteiger partial charge in [0.1, 0.15) is 5.82 Å². The normalized spacial score (nSPS) is 16.4. The van der Waals surface area contributed by atoms with Gasteiger partial charge in [0.05, 0.1) is 6.61 Å². The summed E-state index contributed by atoms with van der Waals surface area (Å²) in [5.41, 5.74) is 11.4. The van der Waals surface area contributed by atoms with Crippen LogP contribution in [0.5, 0.6) is 0 Å². The van der Waals surface area contributed by atoms with E-state index in [1.54, 1.807) is 30.5 Å². The van der Waals surface area contributed by atoms with Gasteiger partial charge in [0.2, 0.25) is 5.91 Å². The first kappa shape index (κ1) is 20.3. The Kier molecular flexibility index (Phi) is 6.28. The number of rotatable bonds is 8. The average Bonchev–Trinajstić information content (AvgIpc) is 3.47. The molecule has 2 fully saturated rings. The molecule has 1 aromatic carbocycles. The maximum absolute atomic E-state index is 12.7. The van der Waals surface area contributed by atoms with Gasteiger partial charge in [-0.1, -0.05) is 25.0 Å². The van der Waals surface area contributed by atoms with E-state index >= 15 is 0 Å². The van der Waals surface area contributed by atoms with Crippen LogP contribution in [-0.2, 0) is 16.1 Å². The first-order valence-corrected chi connectivity index (χ1v) is 10.7. The molecule has 2 aromatic rings. The number of carbonyl (C=O) groups is 2. The second kappa shape index (κ2) is 9.26. The zero-order valence-corrected chi connectivity index (χ0v) is 17.0. The molecular formula is C23H28N4O3. The minimum Gasteiger partial charge on any atom is -0.398 e. The van der Waals surface area contributed by atoms with Gasteiger partial charge in [0.25, 0.3) is 5.91 Å². The lowest BCUT2D eigenvalue weighted by Crippen LogP contribution is -2.27. The number of nitrogens with zero attached hydrogens (tertiary/aromatic N) is 1. The van der Waals surface area contributed by atoms with E-state index in [1.807, 2.05) is 6.07 Å². The highest BCUT2D eigenvalue weighted by Crippen LogP contribution is 2.30. The van der Waals surface area contributed by atoms with Crippen molar-refractivity contribution < 1.29 is 14.4 Å². The van der Waals surface area contributed by atoms with Gasteiger partial charge in [-0.25, -0.2) is 10.5 Å². The first-order chi connectivity index (χ1) is 14.6. The molecule has 7 nitrogen and oxygen atoms in total. The number of nitrogens with one attached hydrogen (secondary N) is 2. The predicted octanol–water partition coefficient (Wildman–Crippen LogP) is 3.45. The van der Waals surface area contributed by atoms with Crippen LogP contribution in [0.4, 0.5) is 11.5 Å². The van der Waals surface area contributed by atoms with Gasteiger partial charge in [0, 0.05) is 29.8 Å². The topological polar surface area (TPSA) is 106 Å². The third kappa shape index (κ3) is 5.16. The summed E-state index contributed by atoms with van der Waals surface area (Å²) >= 11 is 0. The molecule has 0 spiro atoms. The molecular weight excluding hydrogens is 380 g/mol. The van der Waals surface area contributed by atoms with Crippen LogP contribution in [0.25, 0.3) is 0 Å². The zero-order valence-electron chi connectivity index (χ0n) is 17.0. The summed E-state index contributed by atoms with van der Waals surface area (Å²) in [4.78, 5) is 34.3. The number of amides is 2. The Morgan fingerprint density at radius 3 is 2.60 bits per heavy atom. The van der Waals surface area contributed by atoms with Gasteiger partial charge in [-0.3, -0.25) is 14.4 Å². The fourth-order valence-electron chi connectivity index (χ4n) is 3.85. The Morgan fingerprint density at radius 1 is 1.10 bits per heavy atom. The third-order valence-corrected chi connectivity index (χ3v) is 5.82. The highest BCUT2D eigenvalue weighted by atomic mass is 16.6. The number of nitrogen functional groups attached to an aromatic ring is 1. The average molecular weight is 409 g/mol. The van der Waals surface area contributed by atoms with Crippen molar-refractivity contribution in [2.75, 3.05) is 17.7 Å². The van der Waals surface area contributed by atoms with E-state index in [2.05, 4.69) is 15.8 Å². The number of hydrogen-bond donors (Lipinski definition) is 3. The molecule has 30 heavy (non-hydrogen) atoms. The van der Waals surface area contributed by atoms with Crippen molar-refractivity contribution in [2.45, 2.75) is 44.9 Å². The Bertz CT molecular complexity index is 903. The van der Waals surface area contributed by atoms with Gasteiger partial charge >= 0.3 is 0 Å². The van der Waals surface area contributed by atoms with Crippen molar-refractivity contribution in [3.8, 4) is 0 Å². The summed E-state index contributed by atoms with van der Waals surface area (Å²) in [5, 5.41) is 2.83. The number of benzene rings is 1. The fourth-order valence-corrected chi connectivity index (χ4v) is 3.85. The largest absolute Gasteiger partial charge is 0.398 e. The molecule has 0 unspecified atom stereocenters. The van der Waals surface area contributed by atoms with Crippen molar-refractivity contribution in [1.82, 2.24) is 10.5 Å². The van der Waals surface area contributed by atoms with E-state index < -0.39 is 0 Å². The smallest absolute Gasteiger partial charge is 0.275 e. The number of anilines is 2. The van der Waals surface area contributed by atoms with Crippen molar-refractivity contribution in [3.63, 3.8) is 0 Å². The van der Waals surface area contributed by atoms with Gasteiger partial charge in [-0.05, 0) is 60.9 Å². The van der Waals surface area contributed by atoms with Gasteiger partial charge in [0.15, 0.2) is 0 Å². The Labute approximate surface area is 176 Å². The Balaban J connectivity index is 1.39. The van der Waals surface area contributed by atoms with Crippen LogP contribution in [0.3, 0.4) is 0 Å². The van der Waals surface area contributed by atoms with E-state index in [9.17, 15) is 9.59 Å². The van der Waals surface area contributed by atoms with Crippen molar-refractivity contribution in [1.29, 1.82) is 0 Å². The summed E-state index contributed by atoms with van der Waals surface area (Å²) in [6.07, 6.45) is 8.85. The maximum atomic E-state index is 12.7. The lowest BCUT2D eigenvalue weighted by Gasteiger charge is -2.14. The Morgan fingerprint density at radius 2 is 1.90 bits per heavy atom. The zero-order chi connectivity index (χ0) is 20.9. The van der Waals surface area contributed by atoms with Crippen LogP contribution in [0.1, 0.15) is 60.0 Å². The molecule has 4 N–H and O–H groups in total. The standard InChI is InChI=1S/C23H28N4O3/c24-20-7-3-6-18(23(29)27-30-14-15-4-1-2-5-15)19(20)12-16-8-11-21(25-13-16)26-22(28)17-9-10-17/h3,6-8,11,13,15,17H,1-2,4-5,9-10,12,14,24H2,(H,27,29)(H,25,26,28). The molecule has 0 atom stereocenters. The second-order valence-electron chi connectivity index (χ2n) is 8.26. The minimum atomic E-state index is -0.295. The van der Waals surface area contributed by atoms with Gasteiger partial charge in [-0.2, -0.15) is 0 Å². The van der Waals surface area contributed by atoms with E-state index in [1.165, 1.54) is 12.8 Å². The number of carbonyl (C=O) groups excluding carboxylic acids is 2. The molecule has 2 aliphatic carbocycles. The van der Waals surface area contributed by atoms with Crippen LogP contribution in [0.2, 0.25) is 0 Å². The predicted molar refractivity (Wildman–Crippen MR) is 115 cm³/mol. The van der Waals surface area contributed by atoms with E-state index in [-0.39, 0.29) is 17.7 Å². The SMILES string of the molecule is Nc1cccc(C(=O)NOCC2CCCC2)c1Cc1ccc(NC(=O)C2CC2)nc1. The van der Waals surface area contributed by atoms with Crippen LogP contribution >= 0.6 is 0 Å². The van der Waals surface area contributed by atoms with E-state index in [4.69, 9.17) is 10.6 Å².